The highest BCUT2D eigenvalue weighted by Gasteiger charge is 2.25. The fourth-order valence-corrected chi connectivity index (χ4v) is 3.10. The molecule has 1 aromatic heterocycles. The first-order valence-corrected chi connectivity index (χ1v) is 7.94. The van der Waals surface area contributed by atoms with Crippen molar-refractivity contribution in [3.8, 4) is 11.3 Å². The van der Waals surface area contributed by atoms with E-state index in [1.165, 1.54) is 6.07 Å². The van der Waals surface area contributed by atoms with E-state index in [-0.39, 0.29) is 11.3 Å². The zero-order valence-corrected chi connectivity index (χ0v) is 13.3. The summed E-state index contributed by atoms with van der Waals surface area (Å²) in [7, 11) is 0. The molecule has 0 bridgehead atoms. The lowest BCUT2D eigenvalue weighted by Crippen LogP contribution is -2.19. The van der Waals surface area contributed by atoms with Crippen LogP contribution in [0.5, 0.6) is 0 Å². The van der Waals surface area contributed by atoms with Gasteiger partial charge in [-0.05, 0) is 23.8 Å². The van der Waals surface area contributed by atoms with Gasteiger partial charge in [0.2, 0.25) is 0 Å². The van der Waals surface area contributed by atoms with Crippen LogP contribution in [0.3, 0.4) is 0 Å². The van der Waals surface area contributed by atoms with Crippen LogP contribution in [-0.4, -0.2) is 9.88 Å². The van der Waals surface area contributed by atoms with Crippen molar-refractivity contribution >= 4 is 6.08 Å². The molecular formula is C20H15F3N2. The van der Waals surface area contributed by atoms with E-state index in [0.29, 0.717) is 24.3 Å². The first-order valence-electron chi connectivity index (χ1n) is 7.94. The Labute approximate surface area is 143 Å². The predicted molar refractivity (Wildman–Crippen MR) is 90.8 cm³/mol. The minimum Gasteiger partial charge on any atom is -0.369 e. The summed E-state index contributed by atoms with van der Waals surface area (Å²) >= 11 is 0. The molecule has 126 valence electrons. The monoisotopic (exact) mass is 340 g/mol. The molecule has 0 unspecified atom stereocenters. The topological polar surface area (TPSA) is 19.0 Å². The van der Waals surface area contributed by atoms with Crippen LogP contribution >= 0.6 is 0 Å². The van der Waals surface area contributed by atoms with Crippen molar-refractivity contribution in [2.24, 2.45) is 0 Å². The van der Waals surface area contributed by atoms with Crippen LogP contribution in [0.15, 0.2) is 54.7 Å². The van der Waals surface area contributed by atoms with Gasteiger partial charge >= 0.3 is 0 Å². The molecule has 0 fully saturated rings. The fourth-order valence-electron chi connectivity index (χ4n) is 3.10. The van der Waals surface area contributed by atoms with Crippen molar-refractivity contribution in [2.45, 2.75) is 13.1 Å². The second kappa shape index (κ2) is 6.16. The Morgan fingerprint density at radius 3 is 2.36 bits per heavy atom. The Balaban J connectivity index is 1.67. The highest BCUT2D eigenvalue weighted by atomic mass is 19.1. The summed E-state index contributed by atoms with van der Waals surface area (Å²) in [6, 6.07) is 13.3. The second-order valence-corrected chi connectivity index (χ2v) is 6.01. The van der Waals surface area contributed by atoms with Crippen molar-refractivity contribution in [1.82, 2.24) is 9.88 Å². The number of nitrogens with one attached hydrogen (secondary N) is 1. The number of rotatable bonds is 3. The minimum absolute atomic E-state index is 0.146. The summed E-state index contributed by atoms with van der Waals surface area (Å²) in [4.78, 5) is 4.77. The van der Waals surface area contributed by atoms with E-state index in [1.807, 2.05) is 41.4 Å². The number of fused-ring (bicyclic) bond motifs is 1. The van der Waals surface area contributed by atoms with Crippen molar-refractivity contribution in [3.05, 3.63) is 89.0 Å². The molecule has 0 spiro atoms. The smallest absolute Gasteiger partial charge is 0.154 e. The van der Waals surface area contributed by atoms with E-state index in [4.69, 9.17) is 0 Å². The van der Waals surface area contributed by atoms with Gasteiger partial charge in [-0.15, -0.1) is 0 Å². The van der Waals surface area contributed by atoms with E-state index >= 15 is 0 Å². The van der Waals surface area contributed by atoms with Crippen LogP contribution in [0.2, 0.25) is 0 Å². The molecule has 2 nitrogen and oxygen atoms in total. The van der Waals surface area contributed by atoms with Crippen LogP contribution in [0, 0.1) is 17.5 Å². The van der Waals surface area contributed by atoms with Crippen LogP contribution in [-0.2, 0) is 13.1 Å². The quantitative estimate of drug-likeness (QED) is 0.704. The van der Waals surface area contributed by atoms with Crippen molar-refractivity contribution in [3.63, 3.8) is 0 Å². The van der Waals surface area contributed by atoms with Crippen LogP contribution in [0.25, 0.3) is 17.3 Å². The SMILES string of the molecule is Fc1cccc(F)c1-c1[nH]c2c(c1F)CN(Cc1ccccc1)C=C2. The van der Waals surface area contributed by atoms with Crippen LogP contribution < -0.4 is 0 Å². The van der Waals surface area contributed by atoms with Crippen LogP contribution in [0.1, 0.15) is 16.8 Å². The van der Waals surface area contributed by atoms with Gasteiger partial charge in [-0.25, -0.2) is 13.2 Å². The van der Waals surface area contributed by atoms with E-state index in [1.54, 1.807) is 6.08 Å². The number of aromatic amines is 1. The van der Waals surface area contributed by atoms with Crippen molar-refractivity contribution < 1.29 is 13.2 Å². The molecular weight excluding hydrogens is 325 g/mol. The third kappa shape index (κ3) is 2.82. The van der Waals surface area contributed by atoms with Gasteiger partial charge in [0, 0.05) is 30.5 Å². The average molecular weight is 340 g/mol. The molecule has 2 aromatic carbocycles. The van der Waals surface area contributed by atoms with Gasteiger partial charge in [-0.3, -0.25) is 0 Å². The molecule has 1 aliphatic rings. The zero-order valence-electron chi connectivity index (χ0n) is 13.3. The molecule has 1 N–H and O–H groups in total. The maximum Gasteiger partial charge on any atom is 0.154 e. The van der Waals surface area contributed by atoms with Gasteiger partial charge in [0.1, 0.15) is 11.6 Å². The van der Waals surface area contributed by atoms with Crippen LogP contribution in [0.4, 0.5) is 13.2 Å². The standard InChI is InChI=1S/C20H15F3N2/c21-15-7-4-8-16(22)18(15)20-19(23)14-12-25(10-9-17(14)24-20)11-13-5-2-1-3-6-13/h1-10,24H,11-12H2. The lowest BCUT2D eigenvalue weighted by Gasteiger charge is -2.23. The number of aromatic nitrogens is 1. The normalized spacial score (nSPS) is 13.2. The minimum atomic E-state index is -0.789. The Bertz CT molecular complexity index is 925. The second-order valence-electron chi connectivity index (χ2n) is 6.01. The maximum atomic E-state index is 14.8. The molecule has 1 aliphatic heterocycles. The molecule has 0 atom stereocenters. The first kappa shape index (κ1) is 15.6. The number of hydrogen-bond donors (Lipinski definition) is 1. The molecule has 25 heavy (non-hydrogen) atoms. The number of benzene rings is 2. The number of H-pyrrole nitrogens is 1. The van der Waals surface area contributed by atoms with E-state index in [9.17, 15) is 13.2 Å². The molecule has 0 aliphatic carbocycles. The highest BCUT2D eigenvalue weighted by Crippen LogP contribution is 2.33. The maximum absolute atomic E-state index is 14.8. The van der Waals surface area contributed by atoms with Crippen molar-refractivity contribution in [2.75, 3.05) is 0 Å². The Kier molecular flexibility index (Phi) is 3.84. The largest absolute Gasteiger partial charge is 0.369 e. The third-order valence-corrected chi connectivity index (χ3v) is 4.32. The summed E-state index contributed by atoms with van der Waals surface area (Å²) in [6.45, 7) is 0.962. The Morgan fingerprint density at radius 2 is 1.64 bits per heavy atom. The summed E-state index contributed by atoms with van der Waals surface area (Å²) in [6.07, 6.45) is 3.58. The first-order chi connectivity index (χ1) is 12.1. The molecule has 2 heterocycles. The fraction of sp³-hybridized carbons (Fsp3) is 0.100. The molecule has 0 radical (unpaired) electrons. The van der Waals surface area contributed by atoms with Gasteiger partial charge in [-0.2, -0.15) is 0 Å². The molecule has 0 amide bonds. The molecule has 4 rings (SSSR count). The summed E-state index contributed by atoms with van der Waals surface area (Å²) < 4.78 is 42.8. The van der Waals surface area contributed by atoms with E-state index in [0.717, 1.165) is 17.7 Å². The lowest BCUT2D eigenvalue weighted by molar-refractivity contribution is 0.353. The van der Waals surface area contributed by atoms with Gasteiger partial charge < -0.3 is 9.88 Å². The molecule has 0 saturated carbocycles. The average Bonchev–Trinajstić information content (AvgIpc) is 2.92. The van der Waals surface area contributed by atoms with Gasteiger partial charge in [0.15, 0.2) is 5.82 Å². The summed E-state index contributed by atoms with van der Waals surface area (Å²) in [5.41, 5.74) is 1.55. The number of nitrogens with zero attached hydrogens (tertiary/aromatic N) is 1. The molecule has 5 heteroatoms. The highest BCUT2D eigenvalue weighted by molar-refractivity contribution is 5.68. The molecule has 0 saturated heterocycles. The van der Waals surface area contributed by atoms with E-state index < -0.39 is 17.5 Å². The van der Waals surface area contributed by atoms with E-state index in [2.05, 4.69) is 4.98 Å². The number of halogens is 3. The van der Waals surface area contributed by atoms with Gasteiger partial charge in [0.25, 0.3) is 0 Å². The summed E-state index contributed by atoms with van der Waals surface area (Å²) in [5.74, 6) is -2.19. The lowest BCUT2D eigenvalue weighted by atomic mass is 10.1. The number of hydrogen-bond acceptors (Lipinski definition) is 1. The van der Waals surface area contributed by atoms with Crippen molar-refractivity contribution in [1.29, 1.82) is 0 Å². The Morgan fingerprint density at radius 1 is 0.920 bits per heavy atom. The zero-order chi connectivity index (χ0) is 17.4. The predicted octanol–water partition coefficient (Wildman–Crippen LogP) is 5.09. The van der Waals surface area contributed by atoms with Gasteiger partial charge in [0.05, 0.1) is 11.3 Å². The van der Waals surface area contributed by atoms with Gasteiger partial charge in [-0.1, -0.05) is 36.4 Å². The Hall–Kier alpha value is -2.95. The molecule has 3 aromatic rings. The summed E-state index contributed by atoms with van der Waals surface area (Å²) in [5, 5.41) is 0. The third-order valence-electron chi connectivity index (χ3n) is 4.32.